The minimum atomic E-state index is -0.476. The number of nitrogens with zero attached hydrogens (tertiary/aromatic N) is 3. The lowest BCUT2D eigenvalue weighted by molar-refractivity contribution is -0.126. The van der Waals surface area contributed by atoms with Gasteiger partial charge < -0.3 is 10.1 Å². The molecule has 0 unspecified atom stereocenters. The molecular weight excluding hydrogens is 320 g/mol. The number of nitrogens with one attached hydrogen (secondary N) is 1. The number of carbonyl (C=O) groups is 2. The highest BCUT2D eigenvalue weighted by atomic mass is 35.5. The number of hydrogen-bond acceptors (Lipinski definition) is 6. The average molecular weight is 335 g/mol. The van der Waals surface area contributed by atoms with E-state index in [2.05, 4.69) is 15.4 Å². The van der Waals surface area contributed by atoms with E-state index in [0.717, 1.165) is 0 Å². The van der Waals surface area contributed by atoms with E-state index in [-0.39, 0.29) is 23.6 Å². The first kappa shape index (κ1) is 15.5. The molecule has 1 fully saturated rings. The van der Waals surface area contributed by atoms with Crippen LogP contribution in [-0.2, 0) is 9.53 Å². The first-order valence-corrected chi connectivity index (χ1v) is 7.60. The van der Waals surface area contributed by atoms with Crippen molar-refractivity contribution in [1.82, 2.24) is 14.8 Å². The maximum atomic E-state index is 12.0. The van der Waals surface area contributed by atoms with Crippen LogP contribution < -0.4 is 5.32 Å². The van der Waals surface area contributed by atoms with Crippen molar-refractivity contribution < 1.29 is 14.3 Å². The molecule has 3 rings (SSSR count). The molecule has 0 atom stereocenters. The first-order valence-electron chi connectivity index (χ1n) is 7.22. The van der Waals surface area contributed by atoms with E-state index in [9.17, 15) is 9.59 Å². The van der Waals surface area contributed by atoms with Crippen molar-refractivity contribution in [1.29, 1.82) is 0 Å². The molecule has 0 spiro atoms. The summed E-state index contributed by atoms with van der Waals surface area (Å²) in [6, 6.07) is 1.67. The van der Waals surface area contributed by atoms with Crippen LogP contribution in [-0.4, -0.2) is 33.1 Å². The summed E-state index contributed by atoms with van der Waals surface area (Å²) in [7, 11) is 0. The summed E-state index contributed by atoms with van der Waals surface area (Å²) in [6.45, 7) is 2.01. The number of aromatic nitrogens is 3. The van der Waals surface area contributed by atoms with Gasteiger partial charge in [-0.25, -0.2) is 9.78 Å². The van der Waals surface area contributed by atoms with Crippen molar-refractivity contribution in [3.05, 3.63) is 35.4 Å². The molecular formula is C15H15ClN4O3. The highest BCUT2D eigenvalue weighted by Crippen LogP contribution is 2.29. The van der Waals surface area contributed by atoms with E-state index >= 15 is 0 Å². The van der Waals surface area contributed by atoms with Crippen LogP contribution in [0.2, 0.25) is 5.15 Å². The molecule has 0 aromatic carbocycles. The third kappa shape index (κ3) is 3.34. The summed E-state index contributed by atoms with van der Waals surface area (Å²) < 4.78 is 6.75. The number of Topliss-reactive ketones (excluding diaryl/α,β-unsaturated/α-hetero) is 1. The fourth-order valence-electron chi connectivity index (χ4n) is 2.32. The second-order valence-electron chi connectivity index (χ2n) is 5.21. The Bertz CT molecular complexity index is 751. The van der Waals surface area contributed by atoms with Crippen molar-refractivity contribution in [3.8, 4) is 0 Å². The number of ketones is 1. The van der Waals surface area contributed by atoms with Crippen molar-refractivity contribution in [2.45, 2.75) is 25.8 Å². The highest BCUT2D eigenvalue weighted by Gasteiger charge is 2.28. The third-order valence-electron chi connectivity index (χ3n) is 3.55. The third-order valence-corrected chi connectivity index (χ3v) is 3.75. The molecule has 2 aromatic heterocycles. The quantitative estimate of drug-likeness (QED) is 0.668. The number of rotatable bonds is 5. The van der Waals surface area contributed by atoms with E-state index < -0.39 is 5.97 Å². The van der Waals surface area contributed by atoms with Gasteiger partial charge in [-0.1, -0.05) is 11.6 Å². The van der Waals surface area contributed by atoms with E-state index in [4.69, 9.17) is 16.3 Å². The zero-order valence-corrected chi connectivity index (χ0v) is 13.2. The van der Waals surface area contributed by atoms with Crippen molar-refractivity contribution in [2.75, 3.05) is 11.9 Å². The van der Waals surface area contributed by atoms with E-state index in [1.54, 1.807) is 30.1 Å². The summed E-state index contributed by atoms with van der Waals surface area (Å²) in [4.78, 5) is 27.0. The van der Waals surface area contributed by atoms with Gasteiger partial charge in [0.25, 0.3) is 0 Å². The van der Waals surface area contributed by atoms with Gasteiger partial charge in [-0.05, 0) is 13.0 Å². The second-order valence-corrected chi connectivity index (χ2v) is 5.60. The van der Waals surface area contributed by atoms with Gasteiger partial charge >= 0.3 is 5.97 Å². The number of hydrogen-bond donors (Lipinski definition) is 1. The van der Waals surface area contributed by atoms with Gasteiger partial charge in [0, 0.05) is 25.2 Å². The van der Waals surface area contributed by atoms with Gasteiger partial charge in [0.2, 0.25) is 0 Å². The molecule has 2 heterocycles. The molecule has 0 bridgehead atoms. The predicted molar refractivity (Wildman–Crippen MR) is 84.0 cm³/mol. The fraction of sp³-hybridized carbons (Fsp3) is 0.333. The summed E-state index contributed by atoms with van der Waals surface area (Å²) in [5.74, 6) is -0.235. The molecule has 1 aliphatic carbocycles. The second kappa shape index (κ2) is 6.37. The monoisotopic (exact) mass is 334 g/mol. The number of ether oxygens (including phenoxy) is 1. The van der Waals surface area contributed by atoms with Crippen LogP contribution in [0.1, 0.15) is 36.2 Å². The number of esters is 1. The number of anilines is 2. The number of carbonyl (C=O) groups excluding carboxylic acids is 2. The van der Waals surface area contributed by atoms with Crippen molar-refractivity contribution in [3.63, 3.8) is 0 Å². The standard InChI is InChI=1S/C15H15ClN4O3/c1-2-23-15(22)12-7-17-14(16)5-13(12)19-9-6-18-20(8-9)10-3-11(21)4-10/h5-8,10H,2-4H2,1H3,(H,17,19). The lowest BCUT2D eigenvalue weighted by atomic mass is 9.92. The number of pyridine rings is 1. The van der Waals surface area contributed by atoms with Crippen LogP contribution in [0.4, 0.5) is 11.4 Å². The van der Waals surface area contributed by atoms with Crippen LogP contribution in [0.25, 0.3) is 0 Å². The van der Waals surface area contributed by atoms with Gasteiger partial charge in [-0.15, -0.1) is 0 Å². The Balaban J connectivity index is 1.80. The van der Waals surface area contributed by atoms with Crippen LogP contribution in [0.3, 0.4) is 0 Å². The average Bonchev–Trinajstić information content (AvgIpc) is 2.92. The normalized spacial score (nSPS) is 14.4. The van der Waals surface area contributed by atoms with E-state index in [0.29, 0.717) is 29.8 Å². The minimum Gasteiger partial charge on any atom is -0.462 e. The largest absolute Gasteiger partial charge is 0.462 e. The Morgan fingerprint density at radius 2 is 2.26 bits per heavy atom. The van der Waals surface area contributed by atoms with Crippen LogP contribution in [0.5, 0.6) is 0 Å². The molecule has 0 amide bonds. The summed E-state index contributed by atoms with van der Waals surface area (Å²) in [5.41, 5.74) is 1.48. The highest BCUT2D eigenvalue weighted by molar-refractivity contribution is 6.29. The van der Waals surface area contributed by atoms with Crippen molar-refractivity contribution >= 4 is 34.7 Å². The maximum absolute atomic E-state index is 12.0. The summed E-state index contributed by atoms with van der Waals surface area (Å²) in [6.07, 6.45) is 5.82. The van der Waals surface area contributed by atoms with E-state index in [1.165, 1.54) is 6.20 Å². The van der Waals surface area contributed by atoms with Crippen LogP contribution >= 0.6 is 11.6 Å². The minimum absolute atomic E-state index is 0.114. The van der Waals surface area contributed by atoms with Gasteiger partial charge in [-0.3, -0.25) is 9.48 Å². The molecule has 1 N–H and O–H groups in total. The molecule has 0 aliphatic heterocycles. The molecule has 23 heavy (non-hydrogen) atoms. The zero-order chi connectivity index (χ0) is 16.4. The molecule has 1 aliphatic rings. The van der Waals surface area contributed by atoms with Crippen LogP contribution in [0.15, 0.2) is 24.7 Å². The van der Waals surface area contributed by atoms with E-state index in [1.807, 2.05) is 0 Å². The smallest absolute Gasteiger partial charge is 0.341 e. The summed E-state index contributed by atoms with van der Waals surface area (Å²) >= 11 is 5.91. The molecule has 0 radical (unpaired) electrons. The Kier molecular flexibility index (Phi) is 4.29. The van der Waals surface area contributed by atoms with Crippen molar-refractivity contribution in [2.24, 2.45) is 0 Å². The molecule has 8 heteroatoms. The number of halogens is 1. The van der Waals surface area contributed by atoms with Crippen LogP contribution in [0, 0.1) is 0 Å². The first-order chi connectivity index (χ1) is 11.1. The van der Waals surface area contributed by atoms with Gasteiger partial charge in [0.15, 0.2) is 0 Å². The molecule has 0 saturated heterocycles. The lowest BCUT2D eigenvalue weighted by Crippen LogP contribution is -2.26. The zero-order valence-electron chi connectivity index (χ0n) is 12.5. The lowest BCUT2D eigenvalue weighted by Gasteiger charge is -2.24. The topological polar surface area (TPSA) is 86.1 Å². The maximum Gasteiger partial charge on any atom is 0.341 e. The summed E-state index contributed by atoms with van der Waals surface area (Å²) in [5, 5.41) is 7.59. The Morgan fingerprint density at radius 1 is 1.48 bits per heavy atom. The SMILES string of the molecule is CCOC(=O)c1cnc(Cl)cc1Nc1cnn(C2CC(=O)C2)c1. The Hall–Kier alpha value is -2.41. The molecule has 1 saturated carbocycles. The Morgan fingerprint density at radius 3 is 2.96 bits per heavy atom. The fourth-order valence-corrected chi connectivity index (χ4v) is 2.47. The Labute approximate surface area is 137 Å². The molecule has 7 nitrogen and oxygen atoms in total. The van der Waals surface area contributed by atoms with Gasteiger partial charge in [-0.2, -0.15) is 5.10 Å². The molecule has 2 aromatic rings. The van der Waals surface area contributed by atoms with Gasteiger partial charge in [0.05, 0.1) is 30.2 Å². The molecule has 120 valence electrons. The predicted octanol–water partition coefficient (Wildman–Crippen LogP) is 2.76. The van der Waals surface area contributed by atoms with Gasteiger partial charge in [0.1, 0.15) is 16.5 Å².